The topological polar surface area (TPSA) is 73.6 Å². The minimum atomic E-state index is -0.505. The van der Waals surface area contributed by atoms with Gasteiger partial charge in [0.2, 0.25) is 5.91 Å². The Hall–Kier alpha value is -1.46. The van der Waals surface area contributed by atoms with E-state index in [9.17, 15) is 4.79 Å². The van der Waals surface area contributed by atoms with Gasteiger partial charge in [-0.05, 0) is 30.5 Å². The summed E-state index contributed by atoms with van der Waals surface area (Å²) in [4.78, 5) is 12.5. The van der Waals surface area contributed by atoms with Crippen molar-refractivity contribution >= 4 is 17.5 Å². The van der Waals surface area contributed by atoms with Crippen molar-refractivity contribution in [3.63, 3.8) is 0 Å². The number of halogens is 1. The molecular formula is C17H25ClN2O3. The van der Waals surface area contributed by atoms with Crippen LogP contribution in [-0.4, -0.2) is 25.7 Å². The molecule has 6 heteroatoms. The van der Waals surface area contributed by atoms with Crippen LogP contribution < -0.4 is 20.5 Å². The molecule has 1 heterocycles. The number of benzene rings is 1. The van der Waals surface area contributed by atoms with Crippen LogP contribution in [0.15, 0.2) is 12.1 Å². The SMILES string of the molecule is CCC(CC)(CN)C(=O)NCc1cc(Cl)c2c(c1)OCCCO2. The predicted octanol–water partition coefficient (Wildman–Crippen LogP) is 2.88. The Morgan fingerprint density at radius 3 is 2.65 bits per heavy atom. The zero-order chi connectivity index (χ0) is 16.9. The summed E-state index contributed by atoms with van der Waals surface area (Å²) in [5.74, 6) is 1.20. The molecule has 0 aliphatic carbocycles. The number of nitrogens with two attached hydrogens (primary N) is 1. The van der Waals surface area contributed by atoms with Gasteiger partial charge in [0.1, 0.15) is 0 Å². The first-order valence-electron chi connectivity index (χ1n) is 8.12. The molecule has 0 bridgehead atoms. The zero-order valence-electron chi connectivity index (χ0n) is 13.8. The summed E-state index contributed by atoms with van der Waals surface area (Å²) in [6.07, 6.45) is 2.25. The summed E-state index contributed by atoms with van der Waals surface area (Å²) < 4.78 is 11.3. The molecule has 23 heavy (non-hydrogen) atoms. The largest absolute Gasteiger partial charge is 0.489 e. The molecule has 0 saturated carbocycles. The second-order valence-electron chi connectivity index (χ2n) is 5.83. The maximum absolute atomic E-state index is 12.5. The van der Waals surface area contributed by atoms with Crippen molar-refractivity contribution in [3.8, 4) is 11.5 Å². The Kier molecular flexibility index (Phi) is 6.13. The molecular weight excluding hydrogens is 316 g/mol. The van der Waals surface area contributed by atoms with Crippen molar-refractivity contribution in [3.05, 3.63) is 22.7 Å². The Bertz CT molecular complexity index is 551. The molecule has 3 N–H and O–H groups in total. The number of rotatable bonds is 6. The average molecular weight is 341 g/mol. The molecule has 1 aliphatic rings. The highest BCUT2D eigenvalue weighted by atomic mass is 35.5. The van der Waals surface area contributed by atoms with Gasteiger partial charge in [-0.25, -0.2) is 0 Å². The van der Waals surface area contributed by atoms with Gasteiger partial charge in [-0.1, -0.05) is 25.4 Å². The monoisotopic (exact) mass is 340 g/mol. The minimum Gasteiger partial charge on any atom is -0.489 e. The van der Waals surface area contributed by atoms with E-state index in [4.69, 9.17) is 26.8 Å². The van der Waals surface area contributed by atoms with Gasteiger partial charge in [-0.3, -0.25) is 4.79 Å². The highest BCUT2D eigenvalue weighted by Gasteiger charge is 2.33. The van der Waals surface area contributed by atoms with Crippen LogP contribution in [0.25, 0.3) is 0 Å². The molecule has 1 aromatic rings. The van der Waals surface area contributed by atoms with Gasteiger partial charge < -0.3 is 20.5 Å². The fourth-order valence-corrected chi connectivity index (χ4v) is 3.00. The molecule has 0 radical (unpaired) electrons. The summed E-state index contributed by atoms with van der Waals surface area (Å²) in [5, 5.41) is 3.47. The summed E-state index contributed by atoms with van der Waals surface area (Å²) in [6, 6.07) is 3.67. The number of carbonyl (C=O) groups excluding carboxylic acids is 1. The number of hydrogen-bond donors (Lipinski definition) is 2. The normalized spacial score (nSPS) is 14.3. The highest BCUT2D eigenvalue weighted by molar-refractivity contribution is 6.32. The molecule has 0 aromatic heterocycles. The second-order valence-corrected chi connectivity index (χ2v) is 6.24. The second kappa shape index (κ2) is 7.88. The van der Waals surface area contributed by atoms with Crippen molar-refractivity contribution in [1.29, 1.82) is 0 Å². The minimum absolute atomic E-state index is 0.0202. The first kappa shape index (κ1) is 17.9. The molecule has 1 aliphatic heterocycles. The molecule has 0 atom stereocenters. The van der Waals surface area contributed by atoms with Crippen LogP contribution in [0.4, 0.5) is 0 Å². The molecule has 0 saturated heterocycles. The van der Waals surface area contributed by atoms with E-state index in [1.165, 1.54) is 0 Å². The molecule has 5 nitrogen and oxygen atoms in total. The van der Waals surface area contributed by atoms with E-state index >= 15 is 0 Å². The molecule has 128 valence electrons. The van der Waals surface area contributed by atoms with Crippen molar-refractivity contribution < 1.29 is 14.3 Å². The van der Waals surface area contributed by atoms with E-state index < -0.39 is 5.41 Å². The molecule has 1 aromatic carbocycles. The third-order valence-corrected chi connectivity index (χ3v) is 4.82. The van der Waals surface area contributed by atoms with Crippen molar-refractivity contribution in [2.45, 2.75) is 39.7 Å². The van der Waals surface area contributed by atoms with Crippen LogP contribution in [0.5, 0.6) is 11.5 Å². The van der Waals surface area contributed by atoms with E-state index in [0.29, 0.717) is 55.7 Å². The highest BCUT2D eigenvalue weighted by Crippen LogP contribution is 2.38. The third-order valence-electron chi connectivity index (χ3n) is 4.54. The lowest BCUT2D eigenvalue weighted by Gasteiger charge is -2.28. The number of ether oxygens (including phenoxy) is 2. The van der Waals surface area contributed by atoms with Crippen molar-refractivity contribution in [2.75, 3.05) is 19.8 Å². The van der Waals surface area contributed by atoms with Gasteiger partial charge in [0.15, 0.2) is 11.5 Å². The summed E-state index contributed by atoms with van der Waals surface area (Å²) >= 11 is 6.27. The van der Waals surface area contributed by atoms with Crippen LogP contribution in [0.3, 0.4) is 0 Å². The standard InChI is InChI=1S/C17H25ClN2O3/c1-3-17(4-2,11-19)16(21)20-10-12-8-13(18)15-14(9-12)22-6-5-7-23-15/h8-9H,3-7,10-11,19H2,1-2H3,(H,20,21). The smallest absolute Gasteiger partial charge is 0.227 e. The lowest BCUT2D eigenvalue weighted by atomic mass is 9.81. The van der Waals surface area contributed by atoms with E-state index in [1.807, 2.05) is 19.9 Å². The van der Waals surface area contributed by atoms with Crippen LogP contribution in [0, 0.1) is 5.41 Å². The fourth-order valence-electron chi connectivity index (χ4n) is 2.71. The predicted molar refractivity (Wildman–Crippen MR) is 91.0 cm³/mol. The van der Waals surface area contributed by atoms with Crippen LogP contribution in [0.2, 0.25) is 5.02 Å². The van der Waals surface area contributed by atoms with Gasteiger partial charge in [0, 0.05) is 19.5 Å². The summed E-state index contributed by atoms with van der Waals surface area (Å²) in [6.45, 7) is 5.89. The van der Waals surface area contributed by atoms with Gasteiger partial charge in [0.25, 0.3) is 0 Å². The maximum Gasteiger partial charge on any atom is 0.227 e. The van der Waals surface area contributed by atoms with Gasteiger partial charge in [-0.15, -0.1) is 0 Å². The fraction of sp³-hybridized carbons (Fsp3) is 0.588. The van der Waals surface area contributed by atoms with E-state index in [1.54, 1.807) is 6.07 Å². The van der Waals surface area contributed by atoms with E-state index in [-0.39, 0.29) is 5.91 Å². The first-order chi connectivity index (χ1) is 11.1. The number of carbonyl (C=O) groups is 1. The maximum atomic E-state index is 12.5. The first-order valence-corrected chi connectivity index (χ1v) is 8.50. The third kappa shape index (κ3) is 3.90. The summed E-state index contributed by atoms with van der Waals surface area (Å²) in [5.41, 5.74) is 6.19. The zero-order valence-corrected chi connectivity index (χ0v) is 14.5. The quantitative estimate of drug-likeness (QED) is 0.835. The van der Waals surface area contributed by atoms with Crippen LogP contribution >= 0.6 is 11.6 Å². The van der Waals surface area contributed by atoms with E-state index in [0.717, 1.165) is 12.0 Å². The lowest BCUT2D eigenvalue weighted by molar-refractivity contribution is -0.131. The van der Waals surface area contributed by atoms with Gasteiger partial charge in [-0.2, -0.15) is 0 Å². The summed E-state index contributed by atoms with van der Waals surface area (Å²) in [7, 11) is 0. The Labute approximate surface area is 142 Å². The molecule has 2 rings (SSSR count). The Balaban J connectivity index is 2.10. The van der Waals surface area contributed by atoms with Crippen molar-refractivity contribution in [2.24, 2.45) is 11.1 Å². The average Bonchev–Trinajstić information content (AvgIpc) is 2.81. The van der Waals surface area contributed by atoms with Crippen LogP contribution in [-0.2, 0) is 11.3 Å². The van der Waals surface area contributed by atoms with Crippen LogP contribution in [0.1, 0.15) is 38.7 Å². The number of amides is 1. The van der Waals surface area contributed by atoms with Gasteiger partial charge in [0.05, 0.1) is 23.7 Å². The molecule has 0 unspecified atom stereocenters. The molecule has 0 fully saturated rings. The molecule has 0 spiro atoms. The van der Waals surface area contributed by atoms with Gasteiger partial charge >= 0.3 is 0 Å². The van der Waals surface area contributed by atoms with E-state index in [2.05, 4.69) is 5.32 Å². The number of nitrogens with one attached hydrogen (secondary N) is 1. The number of fused-ring (bicyclic) bond motifs is 1. The Morgan fingerprint density at radius 2 is 2.00 bits per heavy atom. The Morgan fingerprint density at radius 1 is 1.30 bits per heavy atom. The van der Waals surface area contributed by atoms with Crippen molar-refractivity contribution in [1.82, 2.24) is 5.32 Å². The number of hydrogen-bond acceptors (Lipinski definition) is 4. The molecule has 1 amide bonds. The lowest BCUT2D eigenvalue weighted by Crippen LogP contribution is -2.45.